The van der Waals surface area contributed by atoms with E-state index < -0.39 is 20.0 Å². The molecule has 1 aliphatic rings. The fourth-order valence-electron chi connectivity index (χ4n) is 3.52. The van der Waals surface area contributed by atoms with Gasteiger partial charge in [-0.15, -0.1) is 0 Å². The number of piperazine rings is 1. The van der Waals surface area contributed by atoms with Crippen LogP contribution in [-0.4, -0.2) is 80.9 Å². The number of sulfonamides is 2. The van der Waals surface area contributed by atoms with Crippen LogP contribution in [0.15, 0.2) is 47.4 Å². The van der Waals surface area contributed by atoms with Crippen molar-refractivity contribution in [3.63, 3.8) is 0 Å². The van der Waals surface area contributed by atoms with E-state index in [2.05, 4.69) is 9.62 Å². The Bertz CT molecular complexity index is 1140. The van der Waals surface area contributed by atoms with Crippen molar-refractivity contribution in [2.24, 2.45) is 0 Å². The maximum absolute atomic E-state index is 12.8. The average Bonchev–Trinajstić information content (AvgIpc) is 2.83. The van der Waals surface area contributed by atoms with Crippen LogP contribution in [0.1, 0.15) is 0 Å². The molecule has 0 saturated carbocycles. The normalized spacial score (nSPS) is 15.3. The first-order valence-corrected chi connectivity index (χ1v) is 13.4. The van der Waals surface area contributed by atoms with Gasteiger partial charge in [0.25, 0.3) is 0 Å². The van der Waals surface area contributed by atoms with E-state index in [4.69, 9.17) is 14.2 Å². The first-order valence-electron chi connectivity index (χ1n) is 10.3. The van der Waals surface area contributed by atoms with Crippen molar-refractivity contribution in [1.29, 1.82) is 0 Å². The van der Waals surface area contributed by atoms with E-state index in [0.29, 0.717) is 31.9 Å². The Kier molecular flexibility index (Phi) is 8.05. The molecule has 0 radical (unpaired) electrons. The molecule has 0 spiro atoms. The smallest absolute Gasteiger partial charge is 0.244 e. The molecule has 3 rings (SSSR count). The number of hydrogen-bond donors (Lipinski definition) is 1. The molecular formula is C21H29N3O7S2. The Morgan fingerprint density at radius 3 is 2.00 bits per heavy atom. The number of hydrogen-bond acceptors (Lipinski definition) is 8. The molecule has 1 fully saturated rings. The third-order valence-electron chi connectivity index (χ3n) is 5.38. The lowest BCUT2D eigenvalue weighted by molar-refractivity contribution is 0.384. The molecule has 12 heteroatoms. The Morgan fingerprint density at radius 1 is 0.818 bits per heavy atom. The van der Waals surface area contributed by atoms with Crippen LogP contribution in [0.25, 0.3) is 0 Å². The van der Waals surface area contributed by atoms with Crippen LogP contribution in [0.4, 0.5) is 5.69 Å². The van der Waals surface area contributed by atoms with Gasteiger partial charge in [-0.1, -0.05) is 0 Å². The molecule has 1 saturated heterocycles. The Morgan fingerprint density at radius 2 is 1.42 bits per heavy atom. The summed E-state index contributed by atoms with van der Waals surface area (Å²) in [4.78, 5) is 1.98. The Balaban J connectivity index is 1.57. The van der Waals surface area contributed by atoms with Crippen molar-refractivity contribution in [3.05, 3.63) is 42.5 Å². The number of methoxy groups -OCH3 is 3. The van der Waals surface area contributed by atoms with Crippen LogP contribution in [0.5, 0.6) is 17.2 Å². The molecule has 0 unspecified atom stereocenters. The molecule has 0 aliphatic carbocycles. The maximum atomic E-state index is 12.8. The molecule has 1 aliphatic heterocycles. The van der Waals surface area contributed by atoms with Gasteiger partial charge in [0.2, 0.25) is 20.0 Å². The predicted octanol–water partition coefficient (Wildman–Crippen LogP) is 1.14. The molecule has 0 atom stereocenters. The summed E-state index contributed by atoms with van der Waals surface area (Å²) in [5, 5.41) is 0. The van der Waals surface area contributed by atoms with Crippen LogP contribution in [0.2, 0.25) is 0 Å². The topological polar surface area (TPSA) is 114 Å². The minimum atomic E-state index is -4.00. The van der Waals surface area contributed by atoms with Crippen LogP contribution < -0.4 is 23.8 Å². The summed E-state index contributed by atoms with van der Waals surface area (Å²) in [5.74, 6) is 0.898. The molecule has 33 heavy (non-hydrogen) atoms. The van der Waals surface area contributed by atoms with Crippen molar-refractivity contribution in [2.75, 3.05) is 64.7 Å². The number of benzene rings is 2. The second-order valence-electron chi connectivity index (χ2n) is 7.31. The SMILES string of the molecule is COc1ccc(N2CCN(S(=O)(=O)CCNS(=O)(=O)c3cc(OC)ccc3OC)CC2)cc1. The van der Waals surface area contributed by atoms with Gasteiger partial charge in [0.05, 0.1) is 27.1 Å². The second kappa shape index (κ2) is 10.6. The third kappa shape index (κ3) is 6.08. The minimum absolute atomic E-state index is 0.116. The highest BCUT2D eigenvalue weighted by atomic mass is 32.2. The highest BCUT2D eigenvalue weighted by molar-refractivity contribution is 7.90. The van der Waals surface area contributed by atoms with Crippen molar-refractivity contribution in [1.82, 2.24) is 9.03 Å². The number of rotatable bonds is 10. The van der Waals surface area contributed by atoms with Crippen LogP contribution in [0.3, 0.4) is 0 Å². The van der Waals surface area contributed by atoms with Gasteiger partial charge in [0.1, 0.15) is 22.1 Å². The van der Waals surface area contributed by atoms with Gasteiger partial charge in [-0.25, -0.2) is 21.6 Å². The fourth-order valence-corrected chi connectivity index (χ4v) is 6.20. The molecule has 182 valence electrons. The summed E-state index contributed by atoms with van der Waals surface area (Å²) >= 11 is 0. The second-order valence-corrected chi connectivity index (χ2v) is 11.1. The van der Waals surface area contributed by atoms with Gasteiger partial charge in [0, 0.05) is 44.5 Å². The van der Waals surface area contributed by atoms with E-state index >= 15 is 0 Å². The van der Waals surface area contributed by atoms with Crippen LogP contribution >= 0.6 is 0 Å². The molecular weight excluding hydrogens is 470 g/mol. The average molecular weight is 500 g/mol. The Hall–Kier alpha value is -2.54. The van der Waals surface area contributed by atoms with Gasteiger partial charge < -0.3 is 19.1 Å². The summed E-state index contributed by atoms with van der Waals surface area (Å²) in [6, 6.07) is 12.0. The third-order valence-corrected chi connectivity index (χ3v) is 8.74. The number of ether oxygens (including phenoxy) is 3. The summed E-state index contributed by atoms with van der Waals surface area (Å²) in [6.07, 6.45) is 0. The zero-order chi connectivity index (χ0) is 24.1. The van der Waals surface area contributed by atoms with Gasteiger partial charge in [-0.2, -0.15) is 4.31 Å². The summed E-state index contributed by atoms with van der Waals surface area (Å²) in [5.41, 5.74) is 0.993. The minimum Gasteiger partial charge on any atom is -0.497 e. The summed E-state index contributed by atoms with van der Waals surface area (Å²) in [7, 11) is -3.24. The predicted molar refractivity (Wildman–Crippen MR) is 125 cm³/mol. The zero-order valence-corrected chi connectivity index (χ0v) is 20.5. The monoisotopic (exact) mass is 499 g/mol. The lowest BCUT2D eigenvalue weighted by Crippen LogP contribution is -2.50. The Labute approximate surface area is 195 Å². The van der Waals surface area contributed by atoms with Gasteiger partial charge >= 0.3 is 0 Å². The van der Waals surface area contributed by atoms with Gasteiger partial charge in [-0.05, 0) is 36.4 Å². The molecule has 0 amide bonds. The summed E-state index contributed by atoms with van der Waals surface area (Å²) < 4.78 is 70.1. The van der Waals surface area contributed by atoms with Crippen LogP contribution in [0, 0.1) is 0 Å². The molecule has 1 N–H and O–H groups in total. The van der Waals surface area contributed by atoms with E-state index in [1.165, 1.54) is 30.7 Å². The molecule has 1 heterocycles. The standard InChI is InChI=1S/C21H29N3O7S2/c1-29-18-6-4-17(5-7-18)23-11-13-24(14-12-23)32(25,26)15-10-22-33(27,28)21-16-19(30-2)8-9-20(21)31-3/h4-9,16,22H,10-15H2,1-3H3. The first-order chi connectivity index (χ1) is 15.7. The van der Waals surface area contributed by atoms with E-state index in [0.717, 1.165) is 11.4 Å². The molecule has 2 aromatic carbocycles. The number of anilines is 1. The van der Waals surface area contributed by atoms with Gasteiger partial charge in [-0.3, -0.25) is 0 Å². The fraction of sp³-hybridized carbons (Fsp3) is 0.429. The van der Waals surface area contributed by atoms with E-state index in [9.17, 15) is 16.8 Å². The number of nitrogens with zero attached hydrogens (tertiary/aromatic N) is 2. The first kappa shape index (κ1) is 25.1. The van der Waals surface area contributed by atoms with E-state index in [1.807, 2.05) is 24.3 Å². The molecule has 0 aromatic heterocycles. The lowest BCUT2D eigenvalue weighted by atomic mass is 10.2. The highest BCUT2D eigenvalue weighted by Gasteiger charge is 2.28. The summed E-state index contributed by atoms with van der Waals surface area (Å²) in [6.45, 7) is 1.47. The van der Waals surface area contributed by atoms with Crippen molar-refractivity contribution >= 4 is 25.7 Å². The van der Waals surface area contributed by atoms with E-state index in [-0.39, 0.29) is 22.9 Å². The van der Waals surface area contributed by atoms with Crippen molar-refractivity contribution < 1.29 is 31.0 Å². The molecule has 2 aromatic rings. The lowest BCUT2D eigenvalue weighted by Gasteiger charge is -2.35. The number of nitrogens with one attached hydrogen (secondary N) is 1. The largest absolute Gasteiger partial charge is 0.497 e. The molecule has 10 nitrogen and oxygen atoms in total. The molecule has 0 bridgehead atoms. The quantitative estimate of drug-likeness (QED) is 0.518. The van der Waals surface area contributed by atoms with Crippen molar-refractivity contribution in [2.45, 2.75) is 4.90 Å². The van der Waals surface area contributed by atoms with Crippen molar-refractivity contribution in [3.8, 4) is 17.2 Å². The highest BCUT2D eigenvalue weighted by Crippen LogP contribution is 2.28. The van der Waals surface area contributed by atoms with Gasteiger partial charge in [0.15, 0.2) is 0 Å². The maximum Gasteiger partial charge on any atom is 0.244 e. The zero-order valence-electron chi connectivity index (χ0n) is 18.9. The van der Waals surface area contributed by atoms with E-state index in [1.54, 1.807) is 13.2 Å². The van der Waals surface area contributed by atoms with Crippen LogP contribution in [-0.2, 0) is 20.0 Å².